The van der Waals surface area contributed by atoms with Gasteiger partial charge in [0, 0.05) is 11.3 Å². The van der Waals surface area contributed by atoms with Gasteiger partial charge in [-0.3, -0.25) is 9.59 Å². The molecular weight excluding hydrogens is 176 g/mol. The van der Waals surface area contributed by atoms with Crippen LogP contribution in [0.5, 0.6) is 0 Å². The molecule has 0 aromatic carbocycles. The van der Waals surface area contributed by atoms with Gasteiger partial charge in [-0.05, 0) is 12.8 Å². The highest BCUT2D eigenvalue weighted by atomic mass is 16.1. The molecule has 0 aliphatic heterocycles. The lowest BCUT2D eigenvalue weighted by molar-refractivity contribution is -0.133. The molecule has 0 radical (unpaired) electrons. The van der Waals surface area contributed by atoms with Crippen LogP contribution in [0.4, 0.5) is 0 Å². The Labute approximate surface area is 86.1 Å². The Morgan fingerprint density at radius 2 is 1.64 bits per heavy atom. The molecule has 0 N–H and O–H groups in total. The molecule has 1 aliphatic carbocycles. The third-order valence-electron chi connectivity index (χ3n) is 2.98. The zero-order valence-corrected chi connectivity index (χ0v) is 9.43. The lowest BCUT2D eigenvalue weighted by atomic mass is 9.85. The van der Waals surface area contributed by atoms with E-state index in [1.54, 1.807) is 0 Å². The molecule has 0 aromatic heterocycles. The first-order valence-electron chi connectivity index (χ1n) is 5.47. The predicted molar refractivity (Wildman–Crippen MR) is 56.0 cm³/mol. The Bertz CT molecular complexity index is 229. The summed E-state index contributed by atoms with van der Waals surface area (Å²) >= 11 is 0. The Morgan fingerprint density at radius 3 is 2.07 bits per heavy atom. The second kappa shape index (κ2) is 4.24. The van der Waals surface area contributed by atoms with Gasteiger partial charge in [-0.15, -0.1) is 0 Å². The number of hydrogen-bond acceptors (Lipinski definition) is 2. The number of hydrogen-bond donors (Lipinski definition) is 0. The minimum atomic E-state index is -0.367. The van der Waals surface area contributed by atoms with Crippen molar-refractivity contribution in [3.8, 4) is 0 Å². The van der Waals surface area contributed by atoms with Crippen LogP contribution in [0, 0.1) is 11.3 Å². The van der Waals surface area contributed by atoms with E-state index in [1.165, 1.54) is 0 Å². The Balaban J connectivity index is 2.44. The number of Topliss-reactive ketones (excluding diaryl/α,β-unsaturated/α-hetero) is 2. The van der Waals surface area contributed by atoms with Crippen LogP contribution >= 0.6 is 0 Å². The summed E-state index contributed by atoms with van der Waals surface area (Å²) in [5.74, 6) is 0.429. The molecule has 0 amide bonds. The third-order valence-corrected chi connectivity index (χ3v) is 2.98. The van der Waals surface area contributed by atoms with Gasteiger partial charge in [-0.2, -0.15) is 0 Å². The number of carbonyl (C=O) groups excluding carboxylic acids is 2. The van der Waals surface area contributed by atoms with E-state index in [0.29, 0.717) is 0 Å². The van der Waals surface area contributed by atoms with E-state index >= 15 is 0 Å². The van der Waals surface area contributed by atoms with Gasteiger partial charge in [0.2, 0.25) is 0 Å². The normalized spacial score (nSPS) is 18.5. The molecule has 2 heteroatoms. The second-order valence-electron chi connectivity index (χ2n) is 5.30. The largest absolute Gasteiger partial charge is 0.299 e. The maximum absolute atomic E-state index is 11.7. The first-order valence-corrected chi connectivity index (χ1v) is 5.47. The van der Waals surface area contributed by atoms with Gasteiger partial charge in [-0.25, -0.2) is 0 Å². The van der Waals surface area contributed by atoms with Gasteiger partial charge >= 0.3 is 0 Å². The monoisotopic (exact) mass is 196 g/mol. The standard InChI is InChI=1S/C12H20O2/c1-12(2,3)11(14)8-10(13)9-6-4-5-7-9/h9H,4-8H2,1-3H3. The molecule has 0 heterocycles. The predicted octanol–water partition coefficient (Wildman–Crippen LogP) is 2.75. The fraction of sp³-hybridized carbons (Fsp3) is 0.833. The van der Waals surface area contributed by atoms with Crippen LogP contribution in [-0.2, 0) is 9.59 Å². The molecule has 14 heavy (non-hydrogen) atoms. The van der Waals surface area contributed by atoms with Crippen molar-refractivity contribution in [3.05, 3.63) is 0 Å². The van der Waals surface area contributed by atoms with Crippen molar-refractivity contribution in [3.63, 3.8) is 0 Å². The minimum Gasteiger partial charge on any atom is -0.299 e. The molecule has 0 aromatic rings. The summed E-state index contributed by atoms with van der Waals surface area (Å²) in [5, 5.41) is 0. The summed E-state index contributed by atoms with van der Waals surface area (Å²) in [6.45, 7) is 5.62. The molecule has 1 saturated carbocycles. The molecular formula is C12H20O2. The molecule has 0 spiro atoms. The fourth-order valence-electron chi connectivity index (χ4n) is 1.82. The van der Waals surface area contributed by atoms with Crippen LogP contribution in [-0.4, -0.2) is 11.6 Å². The molecule has 1 aliphatic rings. The number of carbonyl (C=O) groups is 2. The van der Waals surface area contributed by atoms with Crippen molar-refractivity contribution in [2.24, 2.45) is 11.3 Å². The molecule has 0 bridgehead atoms. The highest BCUT2D eigenvalue weighted by molar-refractivity contribution is 6.02. The maximum atomic E-state index is 11.7. The van der Waals surface area contributed by atoms with Gasteiger partial charge < -0.3 is 0 Å². The molecule has 0 atom stereocenters. The second-order valence-corrected chi connectivity index (χ2v) is 5.30. The summed E-state index contributed by atoms with van der Waals surface area (Å²) in [4.78, 5) is 23.3. The fourth-order valence-corrected chi connectivity index (χ4v) is 1.82. The van der Waals surface area contributed by atoms with Gasteiger partial charge in [0.25, 0.3) is 0 Å². The van der Waals surface area contributed by atoms with Gasteiger partial charge in [-0.1, -0.05) is 33.6 Å². The van der Waals surface area contributed by atoms with Crippen molar-refractivity contribution in [1.82, 2.24) is 0 Å². The summed E-state index contributed by atoms with van der Waals surface area (Å²) < 4.78 is 0. The van der Waals surface area contributed by atoms with E-state index in [9.17, 15) is 9.59 Å². The molecule has 80 valence electrons. The summed E-state index contributed by atoms with van der Waals surface area (Å²) in [7, 11) is 0. The van der Waals surface area contributed by atoms with E-state index in [0.717, 1.165) is 25.7 Å². The van der Waals surface area contributed by atoms with Gasteiger partial charge in [0.05, 0.1) is 6.42 Å². The lowest BCUT2D eigenvalue weighted by Crippen LogP contribution is -2.25. The van der Waals surface area contributed by atoms with Crippen LogP contribution in [0.25, 0.3) is 0 Å². The van der Waals surface area contributed by atoms with Crippen molar-refractivity contribution in [1.29, 1.82) is 0 Å². The summed E-state index contributed by atoms with van der Waals surface area (Å²) in [6, 6.07) is 0. The molecule has 2 nitrogen and oxygen atoms in total. The first kappa shape index (κ1) is 11.4. The zero-order valence-electron chi connectivity index (χ0n) is 9.43. The van der Waals surface area contributed by atoms with Gasteiger partial charge in [0.15, 0.2) is 0 Å². The number of rotatable bonds is 3. The number of ketones is 2. The van der Waals surface area contributed by atoms with E-state index in [2.05, 4.69) is 0 Å². The SMILES string of the molecule is CC(C)(C)C(=O)CC(=O)C1CCCC1. The Kier molecular flexibility index (Phi) is 3.46. The summed E-state index contributed by atoms with van der Waals surface area (Å²) in [6.07, 6.45) is 4.45. The topological polar surface area (TPSA) is 34.1 Å². The van der Waals surface area contributed by atoms with E-state index in [1.807, 2.05) is 20.8 Å². The van der Waals surface area contributed by atoms with Crippen LogP contribution in [0.2, 0.25) is 0 Å². The van der Waals surface area contributed by atoms with Crippen molar-refractivity contribution < 1.29 is 9.59 Å². The average molecular weight is 196 g/mol. The van der Waals surface area contributed by atoms with Crippen molar-refractivity contribution >= 4 is 11.6 Å². The Morgan fingerprint density at radius 1 is 1.14 bits per heavy atom. The highest BCUT2D eigenvalue weighted by Crippen LogP contribution is 2.28. The van der Waals surface area contributed by atoms with Crippen LogP contribution in [0.3, 0.4) is 0 Å². The third kappa shape index (κ3) is 2.93. The molecule has 1 fully saturated rings. The van der Waals surface area contributed by atoms with Crippen LogP contribution in [0.1, 0.15) is 52.9 Å². The first-order chi connectivity index (χ1) is 6.41. The molecule has 0 saturated heterocycles. The minimum absolute atomic E-state index is 0.0781. The quantitative estimate of drug-likeness (QED) is 0.650. The van der Waals surface area contributed by atoms with Crippen LogP contribution < -0.4 is 0 Å². The molecule has 1 rings (SSSR count). The average Bonchev–Trinajstić information content (AvgIpc) is 2.53. The van der Waals surface area contributed by atoms with E-state index < -0.39 is 0 Å². The lowest BCUT2D eigenvalue weighted by Gasteiger charge is -2.17. The maximum Gasteiger partial charge on any atom is 0.145 e. The highest BCUT2D eigenvalue weighted by Gasteiger charge is 2.28. The van der Waals surface area contributed by atoms with Crippen molar-refractivity contribution in [2.75, 3.05) is 0 Å². The van der Waals surface area contributed by atoms with Gasteiger partial charge in [0.1, 0.15) is 11.6 Å². The van der Waals surface area contributed by atoms with E-state index in [-0.39, 0.29) is 29.3 Å². The van der Waals surface area contributed by atoms with Crippen molar-refractivity contribution in [2.45, 2.75) is 52.9 Å². The summed E-state index contributed by atoms with van der Waals surface area (Å²) in [5.41, 5.74) is -0.367. The Hall–Kier alpha value is -0.660. The van der Waals surface area contributed by atoms with E-state index in [4.69, 9.17) is 0 Å². The molecule has 0 unspecified atom stereocenters. The zero-order chi connectivity index (χ0) is 10.8. The smallest absolute Gasteiger partial charge is 0.145 e. The van der Waals surface area contributed by atoms with Crippen LogP contribution in [0.15, 0.2) is 0 Å².